The molecule has 1 amide bonds. The van der Waals surface area contributed by atoms with Gasteiger partial charge in [-0.25, -0.2) is 4.39 Å². The van der Waals surface area contributed by atoms with E-state index in [2.05, 4.69) is 29.5 Å². The van der Waals surface area contributed by atoms with Crippen LogP contribution in [-0.2, 0) is 4.79 Å². The molecule has 3 aliphatic rings. The smallest absolute Gasteiger partial charge is 0.240 e. The number of aliphatic imine (C=N–C) groups is 1. The second-order valence-electron chi connectivity index (χ2n) is 8.63. The zero-order chi connectivity index (χ0) is 19.9. The predicted molar refractivity (Wildman–Crippen MR) is 108 cm³/mol. The molecule has 2 saturated heterocycles. The van der Waals surface area contributed by atoms with Crippen molar-refractivity contribution in [2.75, 3.05) is 13.2 Å². The predicted octanol–water partition coefficient (Wildman–Crippen LogP) is 3.24. The number of rotatable bonds is 4. The van der Waals surface area contributed by atoms with E-state index in [0.717, 1.165) is 30.5 Å². The van der Waals surface area contributed by atoms with E-state index in [-0.39, 0.29) is 23.3 Å². The number of nitrogens with zero attached hydrogens (tertiary/aromatic N) is 1. The first-order valence-electron chi connectivity index (χ1n) is 10.1. The molecule has 4 rings (SSSR count). The van der Waals surface area contributed by atoms with E-state index in [4.69, 9.17) is 4.74 Å². The molecule has 2 atom stereocenters. The van der Waals surface area contributed by atoms with Gasteiger partial charge in [-0.2, -0.15) is 0 Å². The first kappa shape index (κ1) is 19.1. The van der Waals surface area contributed by atoms with Crippen molar-refractivity contribution in [3.63, 3.8) is 0 Å². The standard InChI is InChI=1S/C22H28FN3O2/c1-4-28-15-5-6-17(23)16(12-15)14-8-10-24-19(11-14)18-7-9-22(25-18)13-21(2,3)26-20(22)27/h5-6,11-12,18,25H,4,7-10,13H2,1-3H3,(H,26,27). The molecule has 1 spiro atoms. The van der Waals surface area contributed by atoms with Crippen LogP contribution in [0.25, 0.3) is 5.57 Å². The fourth-order valence-electron chi connectivity index (χ4n) is 4.75. The minimum absolute atomic E-state index is 0.0214. The lowest BCUT2D eigenvalue weighted by Gasteiger charge is -2.25. The Morgan fingerprint density at radius 2 is 2.18 bits per heavy atom. The number of halogens is 1. The molecule has 5 nitrogen and oxygen atoms in total. The van der Waals surface area contributed by atoms with Crippen molar-refractivity contribution >= 4 is 17.2 Å². The molecule has 0 aromatic heterocycles. The molecule has 2 unspecified atom stereocenters. The lowest BCUT2D eigenvalue weighted by atomic mass is 9.88. The van der Waals surface area contributed by atoms with Gasteiger partial charge in [-0.15, -0.1) is 0 Å². The summed E-state index contributed by atoms with van der Waals surface area (Å²) < 4.78 is 20.0. The van der Waals surface area contributed by atoms with E-state index >= 15 is 0 Å². The SMILES string of the molecule is CCOc1ccc(F)c(C2=CC(C3CCC4(CC(C)(C)NC4=O)N3)=NCC2)c1. The molecular weight excluding hydrogens is 357 g/mol. The summed E-state index contributed by atoms with van der Waals surface area (Å²) in [6, 6.07) is 4.90. The fraction of sp³-hybridized carbons (Fsp3) is 0.545. The van der Waals surface area contributed by atoms with Gasteiger partial charge in [-0.05, 0) is 76.3 Å². The molecule has 0 radical (unpaired) electrons. The minimum atomic E-state index is -0.512. The molecule has 6 heteroatoms. The van der Waals surface area contributed by atoms with E-state index in [1.165, 1.54) is 6.07 Å². The van der Waals surface area contributed by atoms with Gasteiger partial charge in [0.1, 0.15) is 17.1 Å². The molecule has 3 heterocycles. The van der Waals surface area contributed by atoms with Gasteiger partial charge in [0.25, 0.3) is 0 Å². The Kier molecular flexibility index (Phi) is 4.78. The van der Waals surface area contributed by atoms with E-state index < -0.39 is 5.54 Å². The van der Waals surface area contributed by atoms with Crippen LogP contribution in [0.1, 0.15) is 52.0 Å². The highest BCUT2D eigenvalue weighted by Crippen LogP contribution is 2.38. The first-order chi connectivity index (χ1) is 13.3. The number of nitrogens with one attached hydrogen (secondary N) is 2. The zero-order valence-corrected chi connectivity index (χ0v) is 16.8. The van der Waals surface area contributed by atoms with Gasteiger partial charge in [-0.1, -0.05) is 0 Å². The van der Waals surface area contributed by atoms with Crippen LogP contribution >= 0.6 is 0 Å². The number of ether oxygens (including phenoxy) is 1. The highest BCUT2D eigenvalue weighted by molar-refractivity contribution is 6.06. The van der Waals surface area contributed by atoms with E-state index in [1.54, 1.807) is 12.1 Å². The average Bonchev–Trinajstić information content (AvgIpc) is 3.17. The van der Waals surface area contributed by atoms with E-state index in [0.29, 0.717) is 30.9 Å². The molecule has 1 aromatic carbocycles. The van der Waals surface area contributed by atoms with Crippen molar-refractivity contribution in [2.45, 2.75) is 63.6 Å². The molecule has 28 heavy (non-hydrogen) atoms. The molecule has 2 fully saturated rings. The molecular formula is C22H28FN3O2. The molecule has 1 aromatic rings. The molecule has 150 valence electrons. The quantitative estimate of drug-likeness (QED) is 0.836. The summed E-state index contributed by atoms with van der Waals surface area (Å²) in [5.41, 5.74) is 1.71. The number of carbonyl (C=O) groups is 1. The first-order valence-corrected chi connectivity index (χ1v) is 10.1. The minimum Gasteiger partial charge on any atom is -0.494 e. The third-order valence-electron chi connectivity index (χ3n) is 5.89. The summed E-state index contributed by atoms with van der Waals surface area (Å²) in [6.07, 6.45) is 5.11. The van der Waals surface area contributed by atoms with Crippen molar-refractivity contribution < 1.29 is 13.9 Å². The summed E-state index contributed by atoms with van der Waals surface area (Å²) in [5, 5.41) is 6.64. The fourth-order valence-corrected chi connectivity index (χ4v) is 4.75. The molecule has 3 aliphatic heterocycles. The van der Waals surface area contributed by atoms with Crippen LogP contribution in [0.4, 0.5) is 4.39 Å². The van der Waals surface area contributed by atoms with Crippen LogP contribution in [0.5, 0.6) is 5.75 Å². The average molecular weight is 385 g/mol. The topological polar surface area (TPSA) is 62.7 Å². The molecule has 2 N–H and O–H groups in total. The van der Waals surface area contributed by atoms with Crippen LogP contribution in [0, 0.1) is 5.82 Å². The Labute approximate surface area is 165 Å². The largest absolute Gasteiger partial charge is 0.494 e. The highest BCUT2D eigenvalue weighted by atomic mass is 19.1. The van der Waals surface area contributed by atoms with Crippen LogP contribution < -0.4 is 15.4 Å². The van der Waals surface area contributed by atoms with Gasteiger partial charge in [0, 0.05) is 23.7 Å². The lowest BCUT2D eigenvalue weighted by molar-refractivity contribution is -0.124. The Balaban J connectivity index is 1.56. The number of hydrogen-bond donors (Lipinski definition) is 2. The Morgan fingerprint density at radius 3 is 2.89 bits per heavy atom. The van der Waals surface area contributed by atoms with Crippen LogP contribution in [0.3, 0.4) is 0 Å². The highest BCUT2D eigenvalue weighted by Gasteiger charge is 2.54. The van der Waals surface area contributed by atoms with Crippen molar-refractivity contribution in [1.29, 1.82) is 0 Å². The third kappa shape index (κ3) is 3.46. The number of hydrogen-bond acceptors (Lipinski definition) is 4. The van der Waals surface area contributed by atoms with Crippen LogP contribution in [0.2, 0.25) is 0 Å². The van der Waals surface area contributed by atoms with Gasteiger partial charge < -0.3 is 10.1 Å². The van der Waals surface area contributed by atoms with Gasteiger partial charge in [-0.3, -0.25) is 15.1 Å². The third-order valence-corrected chi connectivity index (χ3v) is 5.89. The molecule has 0 bridgehead atoms. The molecule has 0 saturated carbocycles. The van der Waals surface area contributed by atoms with Crippen molar-refractivity contribution in [3.8, 4) is 5.75 Å². The van der Waals surface area contributed by atoms with Gasteiger partial charge in [0.2, 0.25) is 5.91 Å². The van der Waals surface area contributed by atoms with E-state index in [1.807, 2.05) is 13.0 Å². The molecule has 0 aliphatic carbocycles. The summed E-state index contributed by atoms with van der Waals surface area (Å²) in [5.74, 6) is 0.506. The maximum Gasteiger partial charge on any atom is 0.240 e. The number of carbonyl (C=O) groups excluding carboxylic acids is 1. The number of dihydropyridines is 1. The van der Waals surface area contributed by atoms with Crippen LogP contribution in [0.15, 0.2) is 29.3 Å². The van der Waals surface area contributed by atoms with Crippen LogP contribution in [-0.4, -0.2) is 41.9 Å². The number of benzene rings is 1. The van der Waals surface area contributed by atoms with Gasteiger partial charge in [0.15, 0.2) is 0 Å². The Bertz CT molecular complexity index is 861. The van der Waals surface area contributed by atoms with E-state index in [9.17, 15) is 9.18 Å². The zero-order valence-electron chi connectivity index (χ0n) is 16.8. The van der Waals surface area contributed by atoms with Crippen molar-refractivity contribution in [2.24, 2.45) is 4.99 Å². The second kappa shape index (κ2) is 6.99. The van der Waals surface area contributed by atoms with Crippen molar-refractivity contribution in [3.05, 3.63) is 35.7 Å². The van der Waals surface area contributed by atoms with Gasteiger partial charge >= 0.3 is 0 Å². The number of amides is 1. The Morgan fingerprint density at radius 1 is 1.36 bits per heavy atom. The normalized spacial score (nSPS) is 28.9. The van der Waals surface area contributed by atoms with Crippen molar-refractivity contribution in [1.82, 2.24) is 10.6 Å². The summed E-state index contributed by atoms with van der Waals surface area (Å²) in [7, 11) is 0. The maximum absolute atomic E-state index is 14.5. The lowest BCUT2D eigenvalue weighted by Crippen LogP contribution is -2.50. The summed E-state index contributed by atoms with van der Waals surface area (Å²) in [6.45, 7) is 7.19. The maximum atomic E-state index is 14.5. The Hall–Kier alpha value is -2.21. The summed E-state index contributed by atoms with van der Waals surface area (Å²) in [4.78, 5) is 17.3. The van der Waals surface area contributed by atoms with Gasteiger partial charge in [0.05, 0.1) is 12.3 Å². The summed E-state index contributed by atoms with van der Waals surface area (Å²) >= 11 is 0. The second-order valence-corrected chi connectivity index (χ2v) is 8.63. The monoisotopic (exact) mass is 385 g/mol.